The van der Waals surface area contributed by atoms with E-state index in [2.05, 4.69) is 46.5 Å². The van der Waals surface area contributed by atoms with Gasteiger partial charge in [0.15, 0.2) is 0 Å². The molecule has 4 aromatic rings. The molecule has 5 heteroatoms. The molecule has 0 atom stereocenters. The summed E-state index contributed by atoms with van der Waals surface area (Å²) in [6, 6.07) is 14.3. The Balaban J connectivity index is 1.60. The number of carbonyl (C=O) groups is 1. The minimum atomic E-state index is -0.182. The van der Waals surface area contributed by atoms with Crippen molar-refractivity contribution in [1.29, 1.82) is 0 Å². The van der Waals surface area contributed by atoms with Crippen LogP contribution in [0.1, 0.15) is 27.2 Å². The van der Waals surface area contributed by atoms with Gasteiger partial charge in [-0.1, -0.05) is 35.9 Å². The number of aromatic nitrogens is 2. The lowest BCUT2D eigenvalue weighted by atomic mass is 10.1. The van der Waals surface area contributed by atoms with E-state index >= 15 is 0 Å². The van der Waals surface area contributed by atoms with Crippen LogP contribution in [0.5, 0.6) is 0 Å². The van der Waals surface area contributed by atoms with Crippen molar-refractivity contribution in [3.63, 3.8) is 0 Å². The van der Waals surface area contributed by atoms with Crippen molar-refractivity contribution in [2.24, 2.45) is 0 Å². The smallest absolute Gasteiger partial charge is 0.275 e. The summed E-state index contributed by atoms with van der Waals surface area (Å²) in [6.45, 7) is 6.07. The van der Waals surface area contributed by atoms with Gasteiger partial charge in [0, 0.05) is 22.0 Å². The molecule has 0 aliphatic heterocycles. The Morgan fingerprint density at radius 1 is 1.08 bits per heavy atom. The SMILES string of the molecule is Cc1cc(C)c(NC(=O)c2csc(-c3cc4ccccc4[nH]3)n2)c(C)c1. The quantitative estimate of drug-likeness (QED) is 0.508. The first-order valence-corrected chi connectivity index (χ1v) is 9.32. The van der Waals surface area contributed by atoms with Crippen LogP contribution in [-0.4, -0.2) is 15.9 Å². The first kappa shape index (κ1) is 16.5. The Morgan fingerprint density at radius 2 is 1.81 bits per heavy atom. The zero-order chi connectivity index (χ0) is 18.3. The molecule has 0 saturated heterocycles. The van der Waals surface area contributed by atoms with Gasteiger partial charge in [-0.2, -0.15) is 0 Å². The highest BCUT2D eigenvalue weighted by molar-refractivity contribution is 7.13. The van der Waals surface area contributed by atoms with Gasteiger partial charge >= 0.3 is 0 Å². The van der Waals surface area contributed by atoms with Gasteiger partial charge in [-0.05, 0) is 44.0 Å². The predicted molar refractivity (Wildman–Crippen MR) is 108 cm³/mol. The van der Waals surface area contributed by atoms with Gasteiger partial charge in [-0.3, -0.25) is 4.79 Å². The van der Waals surface area contributed by atoms with Crippen molar-refractivity contribution < 1.29 is 4.79 Å². The number of carbonyl (C=O) groups excluding carboxylic acids is 1. The van der Waals surface area contributed by atoms with E-state index in [1.807, 2.05) is 32.0 Å². The number of aromatic amines is 1. The molecule has 0 radical (unpaired) electrons. The molecule has 1 amide bonds. The lowest BCUT2D eigenvalue weighted by Crippen LogP contribution is -2.14. The van der Waals surface area contributed by atoms with Crippen molar-refractivity contribution in [1.82, 2.24) is 9.97 Å². The van der Waals surface area contributed by atoms with Crippen molar-refractivity contribution >= 4 is 33.8 Å². The molecule has 0 aliphatic carbocycles. The second-order valence-corrected chi connectivity index (χ2v) is 7.39. The molecule has 2 N–H and O–H groups in total. The van der Waals surface area contributed by atoms with Crippen LogP contribution in [0.4, 0.5) is 5.69 Å². The highest BCUT2D eigenvalue weighted by atomic mass is 32.1. The van der Waals surface area contributed by atoms with Crippen LogP contribution in [0.25, 0.3) is 21.6 Å². The molecule has 2 aromatic carbocycles. The normalized spacial score (nSPS) is 11.0. The Kier molecular flexibility index (Phi) is 4.09. The number of nitrogens with one attached hydrogen (secondary N) is 2. The summed E-state index contributed by atoms with van der Waals surface area (Å²) in [4.78, 5) is 20.5. The van der Waals surface area contributed by atoms with Crippen LogP contribution < -0.4 is 5.32 Å². The number of anilines is 1. The highest BCUT2D eigenvalue weighted by Gasteiger charge is 2.15. The fourth-order valence-electron chi connectivity index (χ4n) is 3.25. The number of hydrogen-bond donors (Lipinski definition) is 2. The van der Waals surface area contributed by atoms with E-state index in [0.29, 0.717) is 5.69 Å². The second-order valence-electron chi connectivity index (χ2n) is 6.54. The number of aryl methyl sites for hydroxylation is 3. The lowest BCUT2D eigenvalue weighted by molar-refractivity contribution is 0.102. The Hall–Kier alpha value is -2.92. The molecule has 0 bridgehead atoms. The second kappa shape index (κ2) is 6.42. The van der Waals surface area contributed by atoms with Crippen molar-refractivity contribution in [3.05, 3.63) is 70.2 Å². The van der Waals surface area contributed by atoms with Gasteiger partial charge in [0.2, 0.25) is 0 Å². The molecular weight excluding hydrogens is 342 g/mol. The van der Waals surface area contributed by atoms with Gasteiger partial charge in [0.1, 0.15) is 10.7 Å². The highest BCUT2D eigenvalue weighted by Crippen LogP contribution is 2.28. The number of H-pyrrole nitrogens is 1. The number of nitrogens with zero attached hydrogens (tertiary/aromatic N) is 1. The largest absolute Gasteiger partial charge is 0.353 e. The van der Waals surface area contributed by atoms with Crippen molar-refractivity contribution in [3.8, 4) is 10.7 Å². The topological polar surface area (TPSA) is 57.8 Å². The summed E-state index contributed by atoms with van der Waals surface area (Å²) in [5.74, 6) is -0.182. The standard InChI is InChI=1S/C21H19N3OS/c1-12-8-13(2)19(14(3)9-12)24-20(25)18-11-26-21(23-18)17-10-15-6-4-5-7-16(15)22-17/h4-11,22H,1-3H3,(H,24,25). The van der Waals surface area contributed by atoms with Crippen molar-refractivity contribution in [2.45, 2.75) is 20.8 Å². The van der Waals surface area contributed by atoms with Crippen LogP contribution in [0.3, 0.4) is 0 Å². The summed E-state index contributed by atoms with van der Waals surface area (Å²) in [6.07, 6.45) is 0. The lowest BCUT2D eigenvalue weighted by Gasteiger charge is -2.11. The maximum absolute atomic E-state index is 12.6. The number of amides is 1. The van der Waals surface area contributed by atoms with E-state index < -0.39 is 0 Å². The Bertz CT molecular complexity index is 1070. The molecule has 2 heterocycles. The van der Waals surface area contributed by atoms with E-state index in [4.69, 9.17) is 0 Å². The van der Waals surface area contributed by atoms with Crippen LogP contribution in [0.2, 0.25) is 0 Å². The third kappa shape index (κ3) is 3.02. The number of thiazole rings is 1. The molecule has 2 aromatic heterocycles. The summed E-state index contributed by atoms with van der Waals surface area (Å²) < 4.78 is 0. The molecular formula is C21H19N3OS. The van der Waals surface area contributed by atoms with Crippen LogP contribution in [-0.2, 0) is 0 Å². The average molecular weight is 361 g/mol. The maximum atomic E-state index is 12.6. The molecule has 130 valence electrons. The van der Waals surface area contributed by atoms with E-state index in [1.54, 1.807) is 5.38 Å². The Labute approximate surface area is 155 Å². The third-order valence-electron chi connectivity index (χ3n) is 4.41. The molecule has 0 aliphatic rings. The molecule has 0 fully saturated rings. The fraction of sp³-hybridized carbons (Fsp3) is 0.143. The predicted octanol–water partition coefficient (Wildman–Crippen LogP) is 5.47. The minimum absolute atomic E-state index is 0.182. The summed E-state index contributed by atoms with van der Waals surface area (Å²) in [7, 11) is 0. The summed E-state index contributed by atoms with van der Waals surface area (Å²) in [5, 5.41) is 6.75. The van der Waals surface area contributed by atoms with Gasteiger partial charge in [-0.25, -0.2) is 4.98 Å². The number of hydrogen-bond acceptors (Lipinski definition) is 3. The molecule has 0 unspecified atom stereocenters. The molecule has 26 heavy (non-hydrogen) atoms. The summed E-state index contributed by atoms with van der Waals surface area (Å²) >= 11 is 1.46. The van der Waals surface area contributed by atoms with Crippen LogP contribution >= 0.6 is 11.3 Å². The van der Waals surface area contributed by atoms with E-state index in [9.17, 15) is 4.79 Å². The zero-order valence-electron chi connectivity index (χ0n) is 14.9. The molecule has 4 nitrogen and oxygen atoms in total. The van der Waals surface area contributed by atoms with Crippen LogP contribution in [0, 0.1) is 20.8 Å². The molecule has 4 rings (SSSR count). The van der Waals surface area contributed by atoms with E-state index in [1.165, 1.54) is 16.9 Å². The number of para-hydroxylation sites is 1. The van der Waals surface area contributed by atoms with E-state index in [0.717, 1.165) is 38.4 Å². The molecule has 0 spiro atoms. The van der Waals surface area contributed by atoms with Gasteiger partial charge < -0.3 is 10.3 Å². The summed E-state index contributed by atoms with van der Waals surface area (Å²) in [5.41, 5.74) is 6.59. The van der Waals surface area contributed by atoms with Crippen molar-refractivity contribution in [2.75, 3.05) is 5.32 Å². The van der Waals surface area contributed by atoms with Gasteiger partial charge in [0.05, 0.1) is 5.69 Å². The first-order valence-electron chi connectivity index (χ1n) is 8.44. The van der Waals surface area contributed by atoms with Gasteiger partial charge in [-0.15, -0.1) is 11.3 Å². The van der Waals surface area contributed by atoms with E-state index in [-0.39, 0.29) is 5.91 Å². The Morgan fingerprint density at radius 3 is 2.54 bits per heavy atom. The van der Waals surface area contributed by atoms with Crippen LogP contribution in [0.15, 0.2) is 47.8 Å². The average Bonchev–Trinajstić information content (AvgIpc) is 3.24. The minimum Gasteiger partial charge on any atom is -0.353 e. The third-order valence-corrected chi connectivity index (χ3v) is 5.29. The first-order chi connectivity index (χ1) is 12.5. The maximum Gasteiger partial charge on any atom is 0.275 e. The number of benzene rings is 2. The fourth-order valence-corrected chi connectivity index (χ4v) is 4.02. The molecule has 0 saturated carbocycles. The number of rotatable bonds is 3. The monoisotopic (exact) mass is 361 g/mol. The number of fused-ring (bicyclic) bond motifs is 1. The zero-order valence-corrected chi connectivity index (χ0v) is 15.7. The van der Waals surface area contributed by atoms with Gasteiger partial charge in [0.25, 0.3) is 5.91 Å².